The molecule has 0 aliphatic rings. The van der Waals surface area contributed by atoms with Crippen molar-refractivity contribution in [1.29, 1.82) is 0 Å². The zero-order valence-corrected chi connectivity index (χ0v) is 15.7. The van der Waals surface area contributed by atoms with Gasteiger partial charge in [0, 0.05) is 10.6 Å². The Morgan fingerprint density at radius 1 is 0.846 bits per heavy atom. The number of Topliss-reactive ketones (excluding diaryl/α,β-unsaturated/α-hetero) is 1. The summed E-state index contributed by atoms with van der Waals surface area (Å²) in [5.74, 6) is -0.464. The average molecular weight is 385 g/mol. The lowest BCUT2D eigenvalue weighted by molar-refractivity contribution is 0.0986. The van der Waals surface area contributed by atoms with Crippen LogP contribution in [-0.4, -0.2) is 14.2 Å². The number of carbonyl (C=O) groups excluding carboxylic acids is 1. The molecular formula is C21H17ClO3S. The molecule has 3 rings (SSSR count). The van der Waals surface area contributed by atoms with E-state index in [1.165, 1.54) is 12.1 Å². The van der Waals surface area contributed by atoms with Crippen molar-refractivity contribution in [2.24, 2.45) is 0 Å². The van der Waals surface area contributed by atoms with Gasteiger partial charge in [-0.15, -0.1) is 0 Å². The first-order chi connectivity index (χ1) is 12.4. The van der Waals surface area contributed by atoms with Gasteiger partial charge in [-0.05, 0) is 36.8 Å². The van der Waals surface area contributed by atoms with E-state index in [1.54, 1.807) is 66.7 Å². The Bertz CT molecular complexity index is 1010. The van der Waals surface area contributed by atoms with E-state index in [2.05, 4.69) is 0 Å². The van der Waals surface area contributed by atoms with Crippen molar-refractivity contribution in [2.75, 3.05) is 0 Å². The molecule has 0 bridgehead atoms. The summed E-state index contributed by atoms with van der Waals surface area (Å²) in [4.78, 5) is 13.2. The highest BCUT2D eigenvalue weighted by Crippen LogP contribution is 2.33. The minimum absolute atomic E-state index is 0.118. The maximum absolute atomic E-state index is 13.3. The standard InChI is InChI=1S/C21H17ClO3S/c1-15-7-13-19(14-8-15)26(24,25)21(17-9-11-18(22)12-10-17)20(23)16-5-3-2-4-6-16/h2-14,21H,1H3/t21-/m1/s1. The fourth-order valence-electron chi connectivity index (χ4n) is 2.73. The number of carbonyl (C=O) groups is 1. The van der Waals surface area contributed by atoms with Gasteiger partial charge in [-0.3, -0.25) is 4.79 Å². The molecule has 5 heteroatoms. The minimum atomic E-state index is -3.92. The molecule has 0 aliphatic heterocycles. The monoisotopic (exact) mass is 384 g/mol. The third-order valence-electron chi connectivity index (χ3n) is 4.13. The smallest absolute Gasteiger partial charge is 0.192 e. The van der Waals surface area contributed by atoms with Gasteiger partial charge in [-0.25, -0.2) is 8.42 Å². The predicted molar refractivity (Wildman–Crippen MR) is 103 cm³/mol. The van der Waals surface area contributed by atoms with Gasteiger partial charge in [0.2, 0.25) is 0 Å². The Hall–Kier alpha value is -2.43. The Kier molecular flexibility index (Phi) is 5.25. The van der Waals surface area contributed by atoms with E-state index < -0.39 is 20.9 Å². The number of ketones is 1. The van der Waals surface area contributed by atoms with E-state index in [4.69, 9.17) is 11.6 Å². The van der Waals surface area contributed by atoms with Crippen molar-refractivity contribution in [3.05, 3.63) is 101 Å². The van der Waals surface area contributed by atoms with Crippen molar-refractivity contribution in [2.45, 2.75) is 17.1 Å². The van der Waals surface area contributed by atoms with Crippen LogP contribution in [0.1, 0.15) is 26.7 Å². The summed E-state index contributed by atoms with van der Waals surface area (Å²) >= 11 is 5.93. The number of sulfone groups is 1. The number of hydrogen-bond donors (Lipinski definition) is 0. The maximum Gasteiger partial charge on any atom is 0.192 e. The molecule has 3 aromatic carbocycles. The van der Waals surface area contributed by atoms with Gasteiger partial charge in [0.05, 0.1) is 4.90 Å². The van der Waals surface area contributed by atoms with E-state index in [-0.39, 0.29) is 4.90 Å². The van der Waals surface area contributed by atoms with Crippen LogP contribution in [0.2, 0.25) is 5.02 Å². The van der Waals surface area contributed by atoms with Crippen LogP contribution in [0.3, 0.4) is 0 Å². The van der Waals surface area contributed by atoms with E-state index in [0.717, 1.165) is 5.56 Å². The van der Waals surface area contributed by atoms with Gasteiger partial charge >= 0.3 is 0 Å². The quantitative estimate of drug-likeness (QED) is 0.578. The number of hydrogen-bond acceptors (Lipinski definition) is 3. The molecule has 0 saturated heterocycles. The van der Waals surface area contributed by atoms with Crippen molar-refractivity contribution in [3.63, 3.8) is 0 Å². The molecule has 0 unspecified atom stereocenters. The van der Waals surface area contributed by atoms with Gasteiger partial charge < -0.3 is 0 Å². The van der Waals surface area contributed by atoms with Crippen LogP contribution in [-0.2, 0) is 9.84 Å². The molecule has 0 N–H and O–H groups in total. The molecule has 0 saturated carbocycles. The summed E-state index contributed by atoms with van der Waals surface area (Å²) in [6.07, 6.45) is 0. The summed E-state index contributed by atoms with van der Waals surface area (Å²) in [5, 5.41) is -0.850. The van der Waals surface area contributed by atoms with Gasteiger partial charge in [0.15, 0.2) is 20.9 Å². The van der Waals surface area contributed by atoms with E-state index in [1.807, 2.05) is 6.92 Å². The second kappa shape index (κ2) is 7.44. The summed E-state index contributed by atoms with van der Waals surface area (Å²) in [7, 11) is -3.92. The molecule has 26 heavy (non-hydrogen) atoms. The van der Waals surface area contributed by atoms with Gasteiger partial charge in [-0.1, -0.05) is 71.8 Å². The van der Waals surface area contributed by atoms with Crippen LogP contribution < -0.4 is 0 Å². The highest BCUT2D eigenvalue weighted by atomic mass is 35.5. The summed E-state index contributed by atoms with van der Waals surface area (Å²) in [6.45, 7) is 1.88. The van der Waals surface area contributed by atoms with Crippen LogP contribution in [0, 0.1) is 6.92 Å². The SMILES string of the molecule is Cc1ccc(S(=O)(=O)[C@@H](C(=O)c2ccccc2)c2ccc(Cl)cc2)cc1. The fourth-order valence-corrected chi connectivity index (χ4v) is 4.57. The number of aryl methyl sites for hydroxylation is 1. The highest BCUT2D eigenvalue weighted by Gasteiger charge is 2.36. The van der Waals surface area contributed by atoms with Crippen LogP contribution in [0.4, 0.5) is 0 Å². The molecule has 3 aromatic rings. The normalized spacial score (nSPS) is 12.5. The molecule has 0 aliphatic carbocycles. The molecule has 0 radical (unpaired) electrons. The van der Waals surface area contributed by atoms with E-state index >= 15 is 0 Å². The van der Waals surface area contributed by atoms with E-state index in [9.17, 15) is 13.2 Å². The second-order valence-corrected chi connectivity index (χ2v) is 8.49. The van der Waals surface area contributed by atoms with Gasteiger partial charge in [0.25, 0.3) is 0 Å². The molecule has 0 aromatic heterocycles. The summed E-state index contributed by atoms with van der Waals surface area (Å²) in [5.41, 5.74) is 1.69. The minimum Gasteiger partial charge on any atom is -0.292 e. The highest BCUT2D eigenvalue weighted by molar-refractivity contribution is 7.92. The van der Waals surface area contributed by atoms with Crippen LogP contribution in [0.15, 0.2) is 83.8 Å². The third-order valence-corrected chi connectivity index (χ3v) is 6.42. The number of halogens is 1. The largest absolute Gasteiger partial charge is 0.292 e. The first-order valence-electron chi connectivity index (χ1n) is 8.05. The zero-order valence-electron chi connectivity index (χ0n) is 14.1. The lowest BCUT2D eigenvalue weighted by Crippen LogP contribution is -2.23. The average Bonchev–Trinajstić information content (AvgIpc) is 2.64. The molecule has 0 spiro atoms. The molecular weight excluding hydrogens is 368 g/mol. The second-order valence-electron chi connectivity index (χ2n) is 6.02. The first kappa shape index (κ1) is 18.4. The number of benzene rings is 3. The van der Waals surface area contributed by atoms with Crippen molar-refractivity contribution < 1.29 is 13.2 Å². The van der Waals surface area contributed by atoms with Gasteiger partial charge in [-0.2, -0.15) is 0 Å². The Labute approximate surface area is 158 Å². The Morgan fingerprint density at radius 2 is 1.42 bits per heavy atom. The molecule has 1 atom stereocenters. The fraction of sp³-hybridized carbons (Fsp3) is 0.0952. The molecule has 0 fully saturated rings. The van der Waals surface area contributed by atoms with Crippen molar-refractivity contribution in [3.8, 4) is 0 Å². The predicted octanol–water partition coefficient (Wildman–Crippen LogP) is 5.05. The Morgan fingerprint density at radius 3 is 2.00 bits per heavy atom. The maximum atomic E-state index is 13.3. The Balaban J connectivity index is 2.15. The first-order valence-corrected chi connectivity index (χ1v) is 9.97. The molecule has 132 valence electrons. The van der Waals surface area contributed by atoms with Gasteiger partial charge in [0.1, 0.15) is 0 Å². The number of rotatable bonds is 5. The lowest BCUT2D eigenvalue weighted by atomic mass is 10.0. The van der Waals surface area contributed by atoms with Crippen molar-refractivity contribution in [1.82, 2.24) is 0 Å². The molecule has 0 heterocycles. The molecule has 3 nitrogen and oxygen atoms in total. The van der Waals surface area contributed by atoms with Crippen molar-refractivity contribution >= 4 is 27.2 Å². The van der Waals surface area contributed by atoms with Crippen LogP contribution >= 0.6 is 11.6 Å². The van der Waals surface area contributed by atoms with E-state index in [0.29, 0.717) is 16.1 Å². The summed E-state index contributed by atoms with van der Waals surface area (Å²) < 4.78 is 26.6. The lowest BCUT2D eigenvalue weighted by Gasteiger charge is -2.18. The molecule has 0 amide bonds. The topological polar surface area (TPSA) is 51.2 Å². The third kappa shape index (κ3) is 3.71. The van der Waals surface area contributed by atoms with Crippen LogP contribution in [0.25, 0.3) is 0 Å². The zero-order chi connectivity index (χ0) is 18.7. The summed E-state index contributed by atoms with van der Waals surface area (Å²) in [6, 6.07) is 21.3. The van der Waals surface area contributed by atoms with Crippen LogP contribution in [0.5, 0.6) is 0 Å².